The molecule has 2 heterocycles. The molecule has 0 radical (unpaired) electrons. The van der Waals surface area contributed by atoms with Gasteiger partial charge in [0.15, 0.2) is 6.10 Å². The Bertz CT molecular complexity index is 1450. The highest BCUT2D eigenvalue weighted by atomic mass is 19.4. The summed E-state index contributed by atoms with van der Waals surface area (Å²) in [7, 11) is 0. The summed E-state index contributed by atoms with van der Waals surface area (Å²) in [6.07, 6.45) is -4.73. The molecular weight excluding hydrogens is 471 g/mol. The Morgan fingerprint density at radius 1 is 1.17 bits per heavy atom. The van der Waals surface area contributed by atoms with Gasteiger partial charge in [-0.2, -0.15) is 13.2 Å². The molecule has 9 heteroatoms. The number of halogens is 3. The Morgan fingerprint density at radius 2 is 1.97 bits per heavy atom. The number of rotatable bonds is 6. The lowest BCUT2D eigenvalue weighted by Gasteiger charge is -2.17. The first-order chi connectivity index (χ1) is 17.3. The second-order valence-electron chi connectivity index (χ2n) is 8.57. The van der Waals surface area contributed by atoms with Crippen molar-refractivity contribution in [1.29, 1.82) is 0 Å². The van der Waals surface area contributed by atoms with Crippen LogP contribution >= 0.6 is 0 Å². The minimum Gasteiger partial charge on any atom is -0.489 e. The fourth-order valence-corrected chi connectivity index (χ4v) is 4.39. The summed E-state index contributed by atoms with van der Waals surface area (Å²) in [6.45, 7) is 4.20. The molecule has 0 spiro atoms. The topological polar surface area (TPSA) is 65.4 Å². The summed E-state index contributed by atoms with van der Waals surface area (Å²) < 4.78 is 53.9. The van der Waals surface area contributed by atoms with Gasteiger partial charge in [0, 0.05) is 30.3 Å². The number of carbonyl (C=O) groups is 1. The number of ether oxygens (including phenoxy) is 2. The van der Waals surface area contributed by atoms with Crippen LogP contribution in [0.1, 0.15) is 42.0 Å². The van der Waals surface area contributed by atoms with E-state index in [-0.39, 0.29) is 18.1 Å². The van der Waals surface area contributed by atoms with Crippen LogP contribution in [0, 0.1) is 6.92 Å². The number of hydrogen-bond acceptors (Lipinski definition) is 5. The molecule has 36 heavy (non-hydrogen) atoms. The largest absolute Gasteiger partial charge is 0.489 e. The third-order valence-corrected chi connectivity index (χ3v) is 6.27. The SMILES string of the molecule is CCC(=O)O[C@@H]1COc2cc(NCc3cccc(-n4c(C(F)(F)F)nc5ccccc54)c3C)ccc21. The second-order valence-corrected chi connectivity index (χ2v) is 8.57. The molecule has 0 unspecified atom stereocenters. The zero-order valence-corrected chi connectivity index (χ0v) is 19.7. The van der Waals surface area contributed by atoms with Crippen LogP contribution in [-0.2, 0) is 22.3 Å². The number of benzene rings is 3. The average Bonchev–Trinajstić information content (AvgIpc) is 3.44. The van der Waals surface area contributed by atoms with Crippen molar-refractivity contribution in [3.05, 3.63) is 83.2 Å². The molecular formula is C27H24F3N3O3. The molecule has 5 rings (SSSR count). The van der Waals surface area contributed by atoms with Crippen LogP contribution in [0.4, 0.5) is 18.9 Å². The normalized spacial score (nSPS) is 15.0. The van der Waals surface area contributed by atoms with Crippen molar-refractivity contribution in [3.63, 3.8) is 0 Å². The van der Waals surface area contributed by atoms with E-state index in [9.17, 15) is 18.0 Å². The van der Waals surface area contributed by atoms with Gasteiger partial charge in [0.25, 0.3) is 0 Å². The summed E-state index contributed by atoms with van der Waals surface area (Å²) in [6, 6.07) is 17.4. The third kappa shape index (κ3) is 4.36. The molecule has 1 aliphatic rings. The third-order valence-electron chi connectivity index (χ3n) is 6.27. The van der Waals surface area contributed by atoms with E-state index in [0.717, 1.165) is 16.8 Å². The smallest absolute Gasteiger partial charge is 0.450 e. The lowest BCUT2D eigenvalue weighted by Crippen LogP contribution is -2.15. The minimum atomic E-state index is -4.60. The number of aromatic nitrogens is 2. The zero-order valence-electron chi connectivity index (χ0n) is 19.7. The molecule has 0 fully saturated rings. The molecule has 6 nitrogen and oxygen atoms in total. The van der Waals surface area contributed by atoms with Gasteiger partial charge >= 0.3 is 12.1 Å². The number of hydrogen-bond donors (Lipinski definition) is 1. The van der Waals surface area contributed by atoms with Crippen molar-refractivity contribution in [1.82, 2.24) is 9.55 Å². The number of anilines is 1. The van der Waals surface area contributed by atoms with E-state index in [1.54, 1.807) is 50.2 Å². The molecule has 1 atom stereocenters. The first kappa shape index (κ1) is 23.7. The molecule has 0 bridgehead atoms. The van der Waals surface area contributed by atoms with Gasteiger partial charge in [-0.1, -0.05) is 31.2 Å². The van der Waals surface area contributed by atoms with Crippen molar-refractivity contribution < 1.29 is 27.4 Å². The molecule has 0 saturated heterocycles. The molecule has 1 aliphatic heterocycles. The Labute approximate surface area is 205 Å². The van der Waals surface area contributed by atoms with Gasteiger partial charge in [-0.3, -0.25) is 9.36 Å². The number of nitrogens with zero attached hydrogens (tertiary/aromatic N) is 2. The number of esters is 1. The first-order valence-electron chi connectivity index (χ1n) is 11.6. The van der Waals surface area contributed by atoms with E-state index in [2.05, 4.69) is 10.3 Å². The summed E-state index contributed by atoms with van der Waals surface area (Å²) >= 11 is 0. The van der Waals surface area contributed by atoms with Crippen LogP contribution in [0.3, 0.4) is 0 Å². The predicted octanol–water partition coefficient (Wildman–Crippen LogP) is 6.35. The highest BCUT2D eigenvalue weighted by Crippen LogP contribution is 2.38. The summed E-state index contributed by atoms with van der Waals surface area (Å²) in [5.74, 6) is -0.599. The van der Waals surface area contributed by atoms with Crippen molar-refractivity contribution in [3.8, 4) is 11.4 Å². The van der Waals surface area contributed by atoms with Gasteiger partial charge in [0.05, 0.1) is 16.7 Å². The number of alkyl halides is 3. The molecule has 186 valence electrons. The molecule has 0 saturated carbocycles. The Hall–Kier alpha value is -4.01. The number of carbonyl (C=O) groups excluding carboxylic acids is 1. The fraction of sp³-hybridized carbons (Fsp3) is 0.259. The van der Waals surface area contributed by atoms with Gasteiger partial charge in [0.1, 0.15) is 12.4 Å². The molecule has 4 aromatic rings. The van der Waals surface area contributed by atoms with Crippen LogP contribution in [0.15, 0.2) is 60.7 Å². The van der Waals surface area contributed by atoms with Gasteiger partial charge in [0.2, 0.25) is 5.82 Å². The Balaban J connectivity index is 1.41. The number of nitrogens with one attached hydrogen (secondary N) is 1. The number of fused-ring (bicyclic) bond motifs is 2. The van der Waals surface area contributed by atoms with Crippen LogP contribution in [0.2, 0.25) is 0 Å². The highest BCUT2D eigenvalue weighted by molar-refractivity contribution is 5.79. The summed E-state index contributed by atoms with van der Waals surface area (Å²) in [5, 5.41) is 3.32. The minimum absolute atomic E-state index is 0.270. The summed E-state index contributed by atoms with van der Waals surface area (Å²) in [4.78, 5) is 15.5. The van der Waals surface area contributed by atoms with Crippen LogP contribution in [-0.4, -0.2) is 22.1 Å². The van der Waals surface area contributed by atoms with Crippen LogP contribution in [0.25, 0.3) is 16.7 Å². The van der Waals surface area contributed by atoms with Crippen molar-refractivity contribution in [2.75, 3.05) is 11.9 Å². The van der Waals surface area contributed by atoms with Gasteiger partial charge in [-0.05, 0) is 48.4 Å². The Morgan fingerprint density at radius 3 is 2.75 bits per heavy atom. The van der Waals surface area contributed by atoms with E-state index in [1.807, 2.05) is 24.3 Å². The van der Waals surface area contributed by atoms with Crippen LogP contribution < -0.4 is 10.1 Å². The maximum absolute atomic E-state index is 13.9. The quantitative estimate of drug-likeness (QED) is 0.316. The fourth-order valence-electron chi connectivity index (χ4n) is 4.39. The predicted molar refractivity (Wildman–Crippen MR) is 129 cm³/mol. The van der Waals surface area contributed by atoms with Crippen molar-refractivity contribution in [2.45, 2.75) is 39.1 Å². The Kier molecular flexibility index (Phi) is 6.07. The maximum Gasteiger partial charge on any atom is 0.450 e. The van der Waals surface area contributed by atoms with Gasteiger partial charge < -0.3 is 14.8 Å². The van der Waals surface area contributed by atoms with E-state index in [1.165, 1.54) is 4.57 Å². The lowest BCUT2D eigenvalue weighted by atomic mass is 10.1. The molecule has 0 aliphatic carbocycles. The molecule has 1 N–H and O–H groups in total. The highest BCUT2D eigenvalue weighted by Gasteiger charge is 2.38. The van der Waals surface area contributed by atoms with E-state index >= 15 is 0 Å². The molecule has 3 aromatic carbocycles. The number of imidazole rings is 1. The van der Waals surface area contributed by atoms with E-state index < -0.39 is 18.1 Å². The van der Waals surface area contributed by atoms with Crippen molar-refractivity contribution >= 4 is 22.7 Å². The molecule has 1 aromatic heterocycles. The van der Waals surface area contributed by atoms with Gasteiger partial charge in [-0.25, -0.2) is 4.98 Å². The summed E-state index contributed by atoms with van der Waals surface area (Å²) in [5.41, 5.74) is 4.25. The number of para-hydroxylation sites is 2. The average molecular weight is 496 g/mol. The monoisotopic (exact) mass is 495 g/mol. The van der Waals surface area contributed by atoms with Gasteiger partial charge in [-0.15, -0.1) is 0 Å². The maximum atomic E-state index is 13.9. The lowest BCUT2D eigenvalue weighted by molar-refractivity contribution is -0.149. The second kappa shape index (κ2) is 9.22. The van der Waals surface area contributed by atoms with Crippen molar-refractivity contribution in [2.24, 2.45) is 0 Å². The first-order valence-corrected chi connectivity index (χ1v) is 11.6. The molecule has 0 amide bonds. The van der Waals surface area contributed by atoms with E-state index in [0.29, 0.717) is 35.5 Å². The van der Waals surface area contributed by atoms with E-state index in [4.69, 9.17) is 9.47 Å². The standard InChI is InChI=1S/C27H24F3N3O3/c1-3-25(34)36-24-15-35-23-13-18(11-12-19(23)24)31-14-17-7-6-10-21(16(17)2)33-22-9-5-4-8-20(22)32-26(33)27(28,29)30/h4-13,24,31H,3,14-15H2,1-2H3/t24-/m1/s1. The zero-order chi connectivity index (χ0) is 25.4. The van der Waals surface area contributed by atoms with Crippen LogP contribution in [0.5, 0.6) is 5.75 Å².